The molecule has 0 atom stereocenters. The molecule has 2 rings (SSSR count). The van der Waals surface area contributed by atoms with E-state index >= 15 is 0 Å². The number of carboxylic acids is 1. The minimum Gasteiger partial charge on any atom is -0.495 e. The van der Waals surface area contributed by atoms with Gasteiger partial charge in [0.2, 0.25) is 5.91 Å². The monoisotopic (exact) mass is 355 g/mol. The van der Waals surface area contributed by atoms with Crippen molar-refractivity contribution in [3.8, 4) is 5.75 Å². The summed E-state index contributed by atoms with van der Waals surface area (Å²) in [6.07, 6.45) is 1.02. The number of hydrogen-bond donors (Lipinski definition) is 2. The highest BCUT2D eigenvalue weighted by Crippen LogP contribution is 2.26. The molecule has 26 heavy (non-hydrogen) atoms. The Balaban J connectivity index is 1.95. The molecule has 0 radical (unpaired) electrons. The standard InChI is InChI=1S/C20H21NO5/c1-3-13-4-6-14(7-5-13)17(22)10-11-19(23)21-16-9-8-15(20(24)25)12-18(16)26-2/h4-9,12H,3,10-11H2,1-2H3,(H,21,23)(H,24,25). The van der Waals surface area contributed by atoms with Crippen LogP contribution < -0.4 is 10.1 Å². The number of hydrogen-bond acceptors (Lipinski definition) is 4. The summed E-state index contributed by atoms with van der Waals surface area (Å²) in [7, 11) is 1.39. The van der Waals surface area contributed by atoms with Crippen LogP contribution >= 0.6 is 0 Å². The number of aromatic carboxylic acids is 1. The number of anilines is 1. The zero-order valence-corrected chi connectivity index (χ0v) is 14.7. The Labute approximate surface area is 151 Å². The number of rotatable bonds is 8. The Bertz CT molecular complexity index is 811. The molecule has 2 aromatic carbocycles. The third-order valence-electron chi connectivity index (χ3n) is 3.99. The second-order valence-corrected chi connectivity index (χ2v) is 5.74. The number of carboxylic acid groups (broad SMARTS) is 1. The van der Waals surface area contributed by atoms with Crippen molar-refractivity contribution in [1.82, 2.24) is 0 Å². The number of amides is 1. The average molecular weight is 355 g/mol. The third kappa shape index (κ3) is 4.92. The van der Waals surface area contributed by atoms with Crippen molar-refractivity contribution < 1.29 is 24.2 Å². The fraction of sp³-hybridized carbons (Fsp3) is 0.250. The summed E-state index contributed by atoms with van der Waals surface area (Å²) in [6, 6.07) is 11.5. The van der Waals surface area contributed by atoms with E-state index < -0.39 is 5.97 Å². The van der Waals surface area contributed by atoms with E-state index in [4.69, 9.17) is 9.84 Å². The topological polar surface area (TPSA) is 92.7 Å². The summed E-state index contributed by atoms with van der Waals surface area (Å²) in [6.45, 7) is 2.04. The second kappa shape index (κ2) is 8.80. The zero-order valence-electron chi connectivity index (χ0n) is 14.7. The molecule has 2 aromatic rings. The maximum Gasteiger partial charge on any atom is 0.335 e. The molecule has 0 aliphatic carbocycles. The van der Waals surface area contributed by atoms with E-state index in [1.54, 1.807) is 12.1 Å². The van der Waals surface area contributed by atoms with Crippen molar-refractivity contribution >= 4 is 23.3 Å². The van der Waals surface area contributed by atoms with Crippen LogP contribution in [0.3, 0.4) is 0 Å². The van der Waals surface area contributed by atoms with Crippen molar-refractivity contribution in [3.63, 3.8) is 0 Å². The van der Waals surface area contributed by atoms with Crippen LogP contribution in [-0.4, -0.2) is 29.9 Å². The molecular weight excluding hydrogens is 334 g/mol. The average Bonchev–Trinajstić information content (AvgIpc) is 2.66. The lowest BCUT2D eigenvalue weighted by Crippen LogP contribution is -2.14. The highest BCUT2D eigenvalue weighted by molar-refractivity contribution is 6.00. The van der Waals surface area contributed by atoms with Crippen molar-refractivity contribution in [2.45, 2.75) is 26.2 Å². The molecular formula is C20H21NO5. The second-order valence-electron chi connectivity index (χ2n) is 5.74. The van der Waals surface area contributed by atoms with Gasteiger partial charge in [-0.3, -0.25) is 9.59 Å². The number of ether oxygens (including phenoxy) is 1. The first-order chi connectivity index (χ1) is 12.4. The largest absolute Gasteiger partial charge is 0.495 e. The van der Waals surface area contributed by atoms with Gasteiger partial charge in [0.25, 0.3) is 0 Å². The first-order valence-corrected chi connectivity index (χ1v) is 8.28. The van der Waals surface area contributed by atoms with Crippen molar-refractivity contribution in [1.29, 1.82) is 0 Å². The van der Waals surface area contributed by atoms with Gasteiger partial charge in [0.05, 0.1) is 18.4 Å². The van der Waals surface area contributed by atoms with Crippen LogP contribution in [0.1, 0.15) is 46.0 Å². The molecule has 0 fully saturated rings. The van der Waals surface area contributed by atoms with Crippen LogP contribution in [0.25, 0.3) is 0 Å². The molecule has 6 nitrogen and oxygen atoms in total. The highest BCUT2D eigenvalue weighted by atomic mass is 16.5. The summed E-state index contributed by atoms with van der Waals surface area (Å²) in [5, 5.41) is 11.6. The summed E-state index contributed by atoms with van der Waals surface area (Å²) >= 11 is 0. The van der Waals surface area contributed by atoms with Gasteiger partial charge in [0.1, 0.15) is 5.75 Å². The van der Waals surface area contributed by atoms with Gasteiger partial charge < -0.3 is 15.2 Å². The minimum atomic E-state index is -1.08. The Morgan fingerprint density at radius 3 is 2.23 bits per heavy atom. The number of carbonyl (C=O) groups excluding carboxylic acids is 2. The van der Waals surface area contributed by atoms with Gasteiger partial charge in [-0.25, -0.2) is 4.79 Å². The van der Waals surface area contributed by atoms with Gasteiger partial charge in [-0.05, 0) is 30.2 Å². The van der Waals surface area contributed by atoms with Crippen LogP contribution in [0, 0.1) is 0 Å². The molecule has 6 heteroatoms. The Morgan fingerprint density at radius 1 is 1.00 bits per heavy atom. The fourth-order valence-corrected chi connectivity index (χ4v) is 2.44. The SMILES string of the molecule is CCc1ccc(C(=O)CCC(=O)Nc2ccc(C(=O)O)cc2OC)cc1. The van der Waals surface area contributed by atoms with E-state index in [1.165, 1.54) is 25.3 Å². The van der Waals surface area contributed by atoms with Crippen LogP contribution in [0.15, 0.2) is 42.5 Å². The van der Waals surface area contributed by atoms with Crippen molar-refractivity contribution in [3.05, 3.63) is 59.2 Å². The fourth-order valence-electron chi connectivity index (χ4n) is 2.44. The number of carbonyl (C=O) groups is 3. The quantitative estimate of drug-likeness (QED) is 0.706. The lowest BCUT2D eigenvalue weighted by Gasteiger charge is -2.11. The van der Waals surface area contributed by atoms with Crippen LogP contribution in [0.5, 0.6) is 5.75 Å². The summed E-state index contributed by atoms with van der Waals surface area (Å²) < 4.78 is 5.11. The van der Waals surface area contributed by atoms with Crippen molar-refractivity contribution in [2.75, 3.05) is 12.4 Å². The van der Waals surface area contributed by atoms with Gasteiger partial charge in [-0.1, -0.05) is 31.2 Å². The first kappa shape index (κ1) is 19.2. The maximum atomic E-state index is 12.2. The predicted molar refractivity (Wildman–Crippen MR) is 98.0 cm³/mol. The van der Waals surface area contributed by atoms with E-state index in [-0.39, 0.29) is 35.8 Å². The van der Waals surface area contributed by atoms with Gasteiger partial charge in [0, 0.05) is 18.4 Å². The molecule has 0 heterocycles. The maximum absolute atomic E-state index is 12.2. The first-order valence-electron chi connectivity index (χ1n) is 8.28. The normalized spacial score (nSPS) is 10.2. The van der Waals surface area contributed by atoms with E-state index in [0.29, 0.717) is 11.3 Å². The van der Waals surface area contributed by atoms with E-state index in [9.17, 15) is 14.4 Å². The Kier molecular flexibility index (Phi) is 6.49. The molecule has 0 aliphatic rings. The van der Waals surface area contributed by atoms with Gasteiger partial charge >= 0.3 is 5.97 Å². The van der Waals surface area contributed by atoms with Gasteiger partial charge in [0.15, 0.2) is 5.78 Å². The lowest BCUT2D eigenvalue weighted by molar-refractivity contribution is -0.116. The molecule has 2 N–H and O–H groups in total. The number of benzene rings is 2. The summed E-state index contributed by atoms with van der Waals surface area (Å²) in [5.41, 5.74) is 2.15. The molecule has 0 saturated heterocycles. The number of methoxy groups -OCH3 is 1. The predicted octanol–water partition coefficient (Wildman–Crippen LogP) is 3.56. The Hall–Kier alpha value is -3.15. The van der Waals surface area contributed by atoms with E-state index in [2.05, 4.69) is 5.32 Å². The minimum absolute atomic E-state index is 0.0260. The smallest absolute Gasteiger partial charge is 0.335 e. The lowest BCUT2D eigenvalue weighted by atomic mass is 10.0. The Morgan fingerprint density at radius 2 is 1.65 bits per heavy atom. The van der Waals surface area contributed by atoms with Crippen LogP contribution in [0.2, 0.25) is 0 Å². The summed E-state index contributed by atoms with van der Waals surface area (Å²) in [4.78, 5) is 35.2. The molecule has 136 valence electrons. The molecule has 0 unspecified atom stereocenters. The van der Waals surface area contributed by atoms with Crippen LogP contribution in [0.4, 0.5) is 5.69 Å². The summed E-state index contributed by atoms with van der Waals surface area (Å²) in [5.74, 6) is -1.28. The van der Waals surface area contributed by atoms with Gasteiger partial charge in [-0.2, -0.15) is 0 Å². The molecule has 0 saturated carbocycles. The highest BCUT2D eigenvalue weighted by Gasteiger charge is 2.13. The number of ketones is 1. The number of nitrogens with one attached hydrogen (secondary N) is 1. The number of aryl methyl sites for hydroxylation is 1. The molecule has 0 bridgehead atoms. The van der Waals surface area contributed by atoms with Crippen molar-refractivity contribution in [2.24, 2.45) is 0 Å². The van der Waals surface area contributed by atoms with E-state index in [1.807, 2.05) is 19.1 Å². The number of Topliss-reactive ketones (excluding diaryl/α,β-unsaturated/α-hetero) is 1. The van der Waals surface area contributed by atoms with E-state index in [0.717, 1.165) is 12.0 Å². The zero-order chi connectivity index (χ0) is 19.1. The molecule has 0 aromatic heterocycles. The van der Waals surface area contributed by atoms with Gasteiger partial charge in [-0.15, -0.1) is 0 Å². The molecule has 1 amide bonds. The third-order valence-corrected chi connectivity index (χ3v) is 3.99. The molecule has 0 aliphatic heterocycles. The molecule has 0 spiro atoms. The van der Waals surface area contributed by atoms with Crippen LogP contribution in [-0.2, 0) is 11.2 Å².